The van der Waals surface area contributed by atoms with Crippen molar-refractivity contribution in [2.45, 2.75) is 6.54 Å². The maximum atomic E-state index is 6.37. The number of nitrogen functional groups attached to an aromatic ring is 1. The van der Waals surface area contributed by atoms with Crippen molar-refractivity contribution in [3.05, 3.63) is 64.3 Å². The van der Waals surface area contributed by atoms with Gasteiger partial charge in [0.2, 0.25) is 0 Å². The molecule has 0 radical (unpaired) electrons. The Hall–Kier alpha value is -2.60. The van der Waals surface area contributed by atoms with Gasteiger partial charge in [0, 0.05) is 33.5 Å². The summed E-state index contributed by atoms with van der Waals surface area (Å²) in [6.07, 6.45) is 1.66. The summed E-state index contributed by atoms with van der Waals surface area (Å²) in [5.41, 5.74) is 13.9. The van der Waals surface area contributed by atoms with Gasteiger partial charge in [0.05, 0.1) is 17.0 Å². The molecule has 4 aromatic rings. The number of hydrogen-bond donors (Lipinski definition) is 2. The Labute approximate surface area is 159 Å². The Morgan fingerprint density at radius 2 is 1.85 bits per heavy atom. The van der Waals surface area contributed by atoms with Gasteiger partial charge in [-0.3, -0.25) is 0 Å². The highest BCUT2D eigenvalue weighted by molar-refractivity contribution is 6.36. The second kappa shape index (κ2) is 6.61. The Morgan fingerprint density at radius 3 is 2.62 bits per heavy atom. The number of furan rings is 1. The lowest BCUT2D eigenvalue weighted by Crippen LogP contribution is -2.09. The van der Waals surface area contributed by atoms with Crippen LogP contribution in [0.4, 0.5) is 5.82 Å². The third kappa shape index (κ3) is 2.80. The van der Waals surface area contributed by atoms with Crippen LogP contribution in [-0.2, 0) is 6.54 Å². The summed E-state index contributed by atoms with van der Waals surface area (Å²) in [5, 5.41) is 2.85. The van der Waals surface area contributed by atoms with Gasteiger partial charge in [-0.1, -0.05) is 47.5 Å². The minimum Gasteiger partial charge on any atom is -0.460 e. The number of aromatic nitrogens is 2. The van der Waals surface area contributed by atoms with Crippen molar-refractivity contribution in [2.24, 2.45) is 5.73 Å². The first-order valence-corrected chi connectivity index (χ1v) is 8.62. The number of hydrogen-bond acceptors (Lipinski definition) is 5. The molecule has 0 aliphatic heterocycles. The first-order valence-electron chi connectivity index (χ1n) is 7.87. The minimum atomic E-state index is 0.180. The van der Waals surface area contributed by atoms with Crippen LogP contribution in [0.3, 0.4) is 0 Å². The Morgan fingerprint density at radius 1 is 1.04 bits per heavy atom. The average molecular weight is 385 g/mol. The SMILES string of the molecule is NCc1c(N)nc(-c2occ3ccccc23)nc1-c1ccc(Cl)cc1Cl. The fourth-order valence-corrected chi connectivity index (χ4v) is 3.37. The van der Waals surface area contributed by atoms with Gasteiger partial charge in [-0.2, -0.15) is 0 Å². The molecule has 0 aliphatic rings. The highest BCUT2D eigenvalue weighted by Crippen LogP contribution is 2.36. The van der Waals surface area contributed by atoms with E-state index in [1.807, 2.05) is 24.3 Å². The van der Waals surface area contributed by atoms with Crippen LogP contribution < -0.4 is 11.5 Å². The summed E-state index contributed by atoms with van der Waals surface area (Å²) < 4.78 is 5.70. The molecule has 2 heterocycles. The van der Waals surface area contributed by atoms with Crippen LogP contribution >= 0.6 is 23.2 Å². The molecule has 4 rings (SSSR count). The molecule has 4 N–H and O–H groups in total. The van der Waals surface area contributed by atoms with E-state index in [1.165, 1.54) is 0 Å². The Balaban J connectivity index is 1.97. The van der Waals surface area contributed by atoms with Crippen molar-refractivity contribution >= 4 is 39.8 Å². The van der Waals surface area contributed by atoms with Crippen molar-refractivity contribution in [1.82, 2.24) is 9.97 Å². The standard InChI is InChI=1S/C19H14Cl2N4O/c20-11-5-6-13(15(21)7-11)16-14(8-22)18(23)25-19(24-16)17-12-4-2-1-3-10(12)9-26-17/h1-7,9H,8,22H2,(H2,23,24,25). The van der Waals surface area contributed by atoms with Crippen LogP contribution in [0.2, 0.25) is 10.0 Å². The summed E-state index contributed by atoms with van der Waals surface area (Å²) in [6, 6.07) is 12.9. The van der Waals surface area contributed by atoms with Crippen LogP contribution in [0.1, 0.15) is 5.56 Å². The molecule has 2 aromatic heterocycles. The predicted molar refractivity (Wildman–Crippen MR) is 105 cm³/mol. The normalized spacial score (nSPS) is 11.2. The molecule has 0 fully saturated rings. The number of rotatable bonds is 3. The highest BCUT2D eigenvalue weighted by atomic mass is 35.5. The van der Waals surface area contributed by atoms with E-state index in [9.17, 15) is 0 Å². The van der Waals surface area contributed by atoms with E-state index in [0.29, 0.717) is 44.3 Å². The van der Waals surface area contributed by atoms with Crippen LogP contribution in [0.15, 0.2) is 53.1 Å². The van der Waals surface area contributed by atoms with Crippen LogP contribution in [0.25, 0.3) is 33.6 Å². The zero-order valence-electron chi connectivity index (χ0n) is 13.5. The molecule has 0 saturated carbocycles. The predicted octanol–water partition coefficient (Wildman–Crippen LogP) is 4.90. The van der Waals surface area contributed by atoms with Gasteiger partial charge in [-0.15, -0.1) is 0 Å². The van der Waals surface area contributed by atoms with Gasteiger partial charge in [-0.05, 0) is 18.2 Å². The lowest BCUT2D eigenvalue weighted by molar-refractivity contribution is 0.582. The molecular weight excluding hydrogens is 371 g/mol. The lowest BCUT2D eigenvalue weighted by atomic mass is 10.1. The maximum Gasteiger partial charge on any atom is 0.198 e. The largest absolute Gasteiger partial charge is 0.460 e. The quantitative estimate of drug-likeness (QED) is 0.523. The van der Waals surface area contributed by atoms with Gasteiger partial charge in [0.25, 0.3) is 0 Å². The van der Waals surface area contributed by atoms with Crippen molar-refractivity contribution in [3.63, 3.8) is 0 Å². The third-order valence-corrected chi connectivity index (χ3v) is 4.69. The summed E-state index contributed by atoms with van der Waals surface area (Å²) in [4.78, 5) is 9.06. The van der Waals surface area contributed by atoms with Crippen LogP contribution in [-0.4, -0.2) is 9.97 Å². The summed E-state index contributed by atoms with van der Waals surface area (Å²) >= 11 is 12.4. The average Bonchev–Trinajstić information content (AvgIpc) is 3.05. The summed E-state index contributed by atoms with van der Waals surface area (Å²) in [6.45, 7) is 0.180. The number of anilines is 1. The zero-order chi connectivity index (χ0) is 18.3. The van der Waals surface area contributed by atoms with Crippen molar-refractivity contribution in [2.75, 3.05) is 5.73 Å². The first-order chi connectivity index (χ1) is 12.6. The van der Waals surface area contributed by atoms with Crippen LogP contribution in [0.5, 0.6) is 0 Å². The third-order valence-electron chi connectivity index (χ3n) is 4.14. The topological polar surface area (TPSA) is 91.0 Å². The molecule has 5 nitrogen and oxygen atoms in total. The number of benzene rings is 2. The van der Waals surface area contributed by atoms with E-state index in [4.69, 9.17) is 39.1 Å². The van der Waals surface area contributed by atoms with Gasteiger partial charge < -0.3 is 15.9 Å². The van der Waals surface area contributed by atoms with E-state index in [2.05, 4.69) is 9.97 Å². The smallest absolute Gasteiger partial charge is 0.198 e. The molecule has 0 amide bonds. The molecule has 0 aliphatic carbocycles. The fraction of sp³-hybridized carbons (Fsp3) is 0.0526. The molecule has 0 bridgehead atoms. The molecule has 7 heteroatoms. The molecule has 0 saturated heterocycles. The monoisotopic (exact) mass is 384 g/mol. The molecule has 0 unspecified atom stereocenters. The van der Waals surface area contributed by atoms with Crippen molar-refractivity contribution in [1.29, 1.82) is 0 Å². The number of fused-ring (bicyclic) bond motifs is 1. The van der Waals surface area contributed by atoms with E-state index in [0.717, 1.165) is 10.8 Å². The Kier molecular flexibility index (Phi) is 4.28. The van der Waals surface area contributed by atoms with E-state index < -0.39 is 0 Å². The summed E-state index contributed by atoms with van der Waals surface area (Å²) in [7, 11) is 0. The van der Waals surface area contributed by atoms with Gasteiger partial charge in [-0.25, -0.2) is 9.97 Å². The molecule has 0 spiro atoms. The van der Waals surface area contributed by atoms with Gasteiger partial charge >= 0.3 is 0 Å². The molecule has 130 valence electrons. The number of nitrogens with two attached hydrogens (primary N) is 2. The molecule has 2 aromatic carbocycles. The first kappa shape index (κ1) is 16.8. The Bertz CT molecular complexity index is 1120. The van der Waals surface area contributed by atoms with Gasteiger partial charge in [0.15, 0.2) is 11.6 Å². The number of nitrogens with zero attached hydrogens (tertiary/aromatic N) is 2. The highest BCUT2D eigenvalue weighted by Gasteiger charge is 2.19. The lowest BCUT2D eigenvalue weighted by Gasteiger charge is -2.12. The number of halogens is 2. The second-order valence-electron chi connectivity index (χ2n) is 5.74. The second-order valence-corrected chi connectivity index (χ2v) is 6.58. The summed E-state index contributed by atoms with van der Waals surface area (Å²) in [5.74, 6) is 1.21. The van der Waals surface area contributed by atoms with E-state index in [1.54, 1.807) is 24.5 Å². The molecular formula is C19H14Cl2N4O. The maximum absolute atomic E-state index is 6.37. The van der Waals surface area contributed by atoms with E-state index >= 15 is 0 Å². The van der Waals surface area contributed by atoms with Crippen LogP contribution in [0, 0.1) is 0 Å². The van der Waals surface area contributed by atoms with E-state index in [-0.39, 0.29) is 6.54 Å². The molecule has 26 heavy (non-hydrogen) atoms. The minimum absolute atomic E-state index is 0.180. The zero-order valence-corrected chi connectivity index (χ0v) is 15.1. The van der Waals surface area contributed by atoms with Crippen molar-refractivity contribution in [3.8, 4) is 22.8 Å². The molecule has 0 atom stereocenters. The fourth-order valence-electron chi connectivity index (χ4n) is 2.87. The van der Waals surface area contributed by atoms with Gasteiger partial charge in [0.1, 0.15) is 5.82 Å². The van der Waals surface area contributed by atoms with Crippen molar-refractivity contribution < 1.29 is 4.42 Å².